The van der Waals surface area contributed by atoms with Crippen LogP contribution in [0.5, 0.6) is 17.2 Å². The molecule has 0 aliphatic rings. The summed E-state index contributed by atoms with van der Waals surface area (Å²) in [5.74, 6) is 1.25. The lowest BCUT2D eigenvalue weighted by Gasteiger charge is -2.19. The number of phosphoric acid groups is 1. The van der Waals surface area contributed by atoms with Crippen LogP contribution in [0.4, 0.5) is 0 Å². The second-order valence-corrected chi connectivity index (χ2v) is 7.11. The fourth-order valence-electron chi connectivity index (χ4n) is 2.39. The van der Waals surface area contributed by atoms with Crippen LogP contribution in [0.3, 0.4) is 0 Å². The van der Waals surface area contributed by atoms with Crippen LogP contribution in [0.1, 0.15) is 11.1 Å². The third kappa shape index (κ3) is 4.88. The fourth-order valence-corrected chi connectivity index (χ4v) is 3.63. The maximum atomic E-state index is 13.3. The van der Waals surface area contributed by atoms with Gasteiger partial charge in [0.15, 0.2) is 0 Å². The van der Waals surface area contributed by atoms with Gasteiger partial charge in [-0.3, -0.25) is 0 Å². The first-order valence-corrected chi connectivity index (χ1v) is 9.36. The zero-order valence-corrected chi connectivity index (χ0v) is 15.0. The van der Waals surface area contributed by atoms with Gasteiger partial charge in [-0.15, -0.1) is 0 Å². The first-order valence-electron chi connectivity index (χ1n) is 7.90. The second kappa shape index (κ2) is 7.45. The third-order valence-electron chi connectivity index (χ3n) is 3.33. The Labute approximate surface area is 147 Å². The zero-order chi connectivity index (χ0) is 17.7. The molecule has 0 N–H and O–H groups in total. The Kier molecular flexibility index (Phi) is 5.11. The molecule has 0 fully saturated rings. The van der Waals surface area contributed by atoms with Gasteiger partial charge in [-0.2, -0.15) is 4.57 Å². The van der Waals surface area contributed by atoms with Gasteiger partial charge in [-0.05, 0) is 61.4 Å². The van der Waals surface area contributed by atoms with Gasteiger partial charge in [0, 0.05) is 0 Å². The lowest BCUT2D eigenvalue weighted by Crippen LogP contribution is -2.07. The van der Waals surface area contributed by atoms with E-state index in [9.17, 15) is 4.57 Å². The summed E-state index contributed by atoms with van der Waals surface area (Å²) in [6.07, 6.45) is 0. The van der Waals surface area contributed by atoms with Gasteiger partial charge >= 0.3 is 7.82 Å². The minimum atomic E-state index is -3.92. The summed E-state index contributed by atoms with van der Waals surface area (Å²) in [7, 11) is -3.92. The van der Waals surface area contributed by atoms with E-state index in [2.05, 4.69) is 0 Å². The van der Waals surface area contributed by atoms with E-state index in [-0.39, 0.29) is 0 Å². The van der Waals surface area contributed by atoms with Crippen LogP contribution in [-0.2, 0) is 4.57 Å². The maximum Gasteiger partial charge on any atom is 0.647 e. The van der Waals surface area contributed by atoms with E-state index in [0.29, 0.717) is 17.2 Å². The number of phosphoric ester groups is 1. The highest BCUT2D eigenvalue weighted by Crippen LogP contribution is 2.49. The van der Waals surface area contributed by atoms with Crippen molar-refractivity contribution in [2.24, 2.45) is 0 Å². The Bertz CT molecular complexity index is 813. The molecule has 128 valence electrons. The predicted octanol–water partition coefficient (Wildman–Crippen LogP) is 5.95. The van der Waals surface area contributed by atoms with Crippen LogP contribution in [0.2, 0.25) is 0 Å². The van der Waals surface area contributed by atoms with Gasteiger partial charge in [-0.25, -0.2) is 0 Å². The van der Waals surface area contributed by atoms with Crippen molar-refractivity contribution in [3.8, 4) is 17.2 Å². The predicted molar refractivity (Wildman–Crippen MR) is 98.3 cm³/mol. The van der Waals surface area contributed by atoms with Crippen LogP contribution >= 0.6 is 7.82 Å². The van der Waals surface area contributed by atoms with Crippen LogP contribution < -0.4 is 13.6 Å². The van der Waals surface area contributed by atoms with Crippen LogP contribution in [-0.4, -0.2) is 0 Å². The first kappa shape index (κ1) is 17.1. The highest BCUT2D eigenvalue weighted by molar-refractivity contribution is 7.49. The number of rotatable bonds is 6. The maximum absolute atomic E-state index is 13.3. The summed E-state index contributed by atoms with van der Waals surface area (Å²) in [6, 6.07) is 23.3. The number of aryl methyl sites for hydroxylation is 2. The molecule has 5 heteroatoms. The van der Waals surface area contributed by atoms with E-state index in [1.165, 1.54) is 0 Å². The molecule has 0 aromatic heterocycles. The summed E-state index contributed by atoms with van der Waals surface area (Å²) in [5.41, 5.74) is 2.00. The van der Waals surface area contributed by atoms with Gasteiger partial charge in [-0.1, -0.05) is 42.5 Å². The molecule has 0 unspecified atom stereocenters. The number of hydrogen-bond acceptors (Lipinski definition) is 4. The van der Waals surface area contributed by atoms with Crippen molar-refractivity contribution in [1.82, 2.24) is 0 Å². The lowest BCUT2D eigenvalue weighted by atomic mass is 10.1. The Hall–Kier alpha value is -2.71. The Balaban J connectivity index is 1.91. The van der Waals surface area contributed by atoms with E-state index in [1.807, 2.05) is 32.0 Å². The third-order valence-corrected chi connectivity index (χ3v) is 4.64. The lowest BCUT2D eigenvalue weighted by molar-refractivity contribution is 0.298. The summed E-state index contributed by atoms with van der Waals surface area (Å²) < 4.78 is 30.2. The van der Waals surface area contributed by atoms with Crippen molar-refractivity contribution in [2.45, 2.75) is 13.8 Å². The molecule has 3 aromatic carbocycles. The molecule has 3 rings (SSSR count). The average Bonchev–Trinajstić information content (AvgIpc) is 2.55. The van der Waals surface area contributed by atoms with Gasteiger partial charge in [0.1, 0.15) is 17.2 Å². The highest BCUT2D eigenvalue weighted by Gasteiger charge is 2.33. The molecule has 0 atom stereocenters. The molecule has 0 heterocycles. The van der Waals surface area contributed by atoms with Gasteiger partial charge < -0.3 is 13.6 Å². The molecular weight excluding hydrogens is 335 g/mol. The smallest absolute Gasteiger partial charge is 0.386 e. The quantitative estimate of drug-likeness (QED) is 0.513. The van der Waals surface area contributed by atoms with Crippen LogP contribution in [0.25, 0.3) is 0 Å². The largest absolute Gasteiger partial charge is 0.647 e. The first-order chi connectivity index (χ1) is 12.0. The summed E-state index contributed by atoms with van der Waals surface area (Å²) in [6.45, 7) is 3.89. The summed E-state index contributed by atoms with van der Waals surface area (Å²) in [5, 5.41) is 0. The van der Waals surface area contributed by atoms with Crippen molar-refractivity contribution in [3.63, 3.8) is 0 Å². The fraction of sp³-hybridized carbons (Fsp3) is 0.100. The Morgan fingerprint density at radius 3 is 1.44 bits per heavy atom. The SMILES string of the molecule is Cc1cc(C)cc(OP(=O)(Oc2ccccc2)Oc2ccccc2)c1. The van der Waals surface area contributed by atoms with Crippen molar-refractivity contribution >= 4 is 7.82 Å². The molecule has 25 heavy (non-hydrogen) atoms. The topological polar surface area (TPSA) is 44.8 Å². The normalized spacial score (nSPS) is 11.0. The summed E-state index contributed by atoms with van der Waals surface area (Å²) >= 11 is 0. The second-order valence-electron chi connectivity index (χ2n) is 5.67. The summed E-state index contributed by atoms with van der Waals surface area (Å²) in [4.78, 5) is 0. The van der Waals surface area contributed by atoms with E-state index in [4.69, 9.17) is 13.6 Å². The molecule has 3 aromatic rings. The number of para-hydroxylation sites is 2. The average molecular weight is 354 g/mol. The van der Waals surface area contributed by atoms with E-state index >= 15 is 0 Å². The van der Waals surface area contributed by atoms with Gasteiger partial charge in [0.25, 0.3) is 0 Å². The molecule has 0 saturated heterocycles. The molecule has 0 saturated carbocycles. The van der Waals surface area contributed by atoms with Crippen molar-refractivity contribution in [1.29, 1.82) is 0 Å². The molecule has 0 aliphatic carbocycles. The van der Waals surface area contributed by atoms with E-state index in [1.54, 1.807) is 60.7 Å². The van der Waals surface area contributed by atoms with Crippen molar-refractivity contribution in [2.75, 3.05) is 0 Å². The van der Waals surface area contributed by atoms with Crippen LogP contribution in [0.15, 0.2) is 78.9 Å². The molecule has 4 nitrogen and oxygen atoms in total. The van der Waals surface area contributed by atoms with E-state index in [0.717, 1.165) is 11.1 Å². The van der Waals surface area contributed by atoms with Crippen LogP contribution in [0, 0.1) is 13.8 Å². The number of benzene rings is 3. The molecule has 0 radical (unpaired) electrons. The Morgan fingerprint density at radius 1 is 0.600 bits per heavy atom. The molecule has 0 aliphatic heterocycles. The minimum absolute atomic E-state index is 0.408. The molecular formula is C20H19O4P. The monoisotopic (exact) mass is 354 g/mol. The minimum Gasteiger partial charge on any atom is -0.386 e. The standard InChI is InChI=1S/C20H19O4P/c1-16-13-17(2)15-20(14-16)24-25(21,22-18-9-5-3-6-10-18)23-19-11-7-4-8-12-19/h3-15H,1-2H3. The highest BCUT2D eigenvalue weighted by atomic mass is 31.2. The van der Waals surface area contributed by atoms with Crippen molar-refractivity contribution in [3.05, 3.63) is 90.0 Å². The molecule has 0 bridgehead atoms. The Morgan fingerprint density at radius 2 is 1.00 bits per heavy atom. The van der Waals surface area contributed by atoms with Gasteiger partial charge in [0.05, 0.1) is 0 Å². The van der Waals surface area contributed by atoms with Crippen molar-refractivity contribution < 1.29 is 18.1 Å². The van der Waals surface area contributed by atoms with E-state index < -0.39 is 7.82 Å². The zero-order valence-electron chi connectivity index (χ0n) is 14.1. The molecule has 0 spiro atoms. The molecule has 0 amide bonds. The number of hydrogen-bond donors (Lipinski definition) is 0. The van der Waals surface area contributed by atoms with Gasteiger partial charge in [0.2, 0.25) is 0 Å².